The minimum Gasteiger partial charge on any atom is -0.479 e. The van der Waals surface area contributed by atoms with Gasteiger partial charge in [0, 0.05) is 11.6 Å². The number of hydrogen-bond donors (Lipinski definition) is 4. The molecular formula is C21H24BNO5. The van der Waals surface area contributed by atoms with Gasteiger partial charge in [-0.2, -0.15) is 0 Å². The summed E-state index contributed by atoms with van der Waals surface area (Å²) in [4.78, 5) is 14.6. The zero-order valence-corrected chi connectivity index (χ0v) is 15.5. The van der Waals surface area contributed by atoms with Gasteiger partial charge in [0.05, 0.1) is 0 Å². The second kappa shape index (κ2) is 7.33. The van der Waals surface area contributed by atoms with Crippen molar-refractivity contribution in [2.24, 2.45) is 5.92 Å². The third-order valence-electron chi connectivity index (χ3n) is 6.27. The molecule has 2 aromatic rings. The van der Waals surface area contributed by atoms with Gasteiger partial charge < -0.3 is 20.3 Å². The number of piperidine rings is 3. The first-order valence-corrected chi connectivity index (χ1v) is 9.67. The molecule has 0 saturated carbocycles. The Morgan fingerprint density at radius 3 is 2.29 bits per heavy atom. The first-order chi connectivity index (χ1) is 13.4. The van der Waals surface area contributed by atoms with Crippen molar-refractivity contribution in [3.63, 3.8) is 0 Å². The summed E-state index contributed by atoms with van der Waals surface area (Å²) in [5.41, 5.74) is -0.705. The number of nitrogens with zero attached hydrogens (tertiary/aromatic N) is 1. The predicted molar refractivity (Wildman–Crippen MR) is 105 cm³/mol. The molecule has 3 saturated heterocycles. The van der Waals surface area contributed by atoms with Gasteiger partial charge in [-0.3, -0.25) is 4.90 Å². The molecule has 2 bridgehead atoms. The highest BCUT2D eigenvalue weighted by Gasteiger charge is 2.45. The number of carbonyl (C=O) groups is 1. The molecule has 3 aliphatic heterocycles. The summed E-state index contributed by atoms with van der Waals surface area (Å²) in [5.74, 6) is -0.784. The van der Waals surface area contributed by atoms with Gasteiger partial charge in [-0.15, -0.1) is 0 Å². The van der Waals surface area contributed by atoms with E-state index in [1.54, 1.807) is 36.4 Å². The van der Waals surface area contributed by atoms with E-state index >= 15 is 0 Å². The summed E-state index contributed by atoms with van der Waals surface area (Å²) in [7, 11) is -1.65. The molecule has 0 radical (unpaired) electrons. The highest BCUT2D eigenvalue weighted by Crippen LogP contribution is 2.44. The fourth-order valence-electron chi connectivity index (χ4n) is 4.71. The molecule has 3 heterocycles. The van der Waals surface area contributed by atoms with Crippen molar-refractivity contribution < 1.29 is 25.1 Å². The minimum absolute atomic E-state index is 0.0456. The van der Waals surface area contributed by atoms with E-state index in [4.69, 9.17) is 0 Å². The maximum Gasteiger partial charge on any atom is 0.488 e. The molecule has 3 aliphatic rings. The van der Waals surface area contributed by atoms with Crippen molar-refractivity contribution >= 4 is 18.6 Å². The SMILES string of the molecule is O=C(O)[C@](O)(c1ccccc1)c1ccc(B(O)O)cc1C1CC2CCN1CC2. The molecular weight excluding hydrogens is 357 g/mol. The largest absolute Gasteiger partial charge is 0.488 e. The van der Waals surface area contributed by atoms with Crippen LogP contribution in [0, 0.1) is 5.92 Å². The Labute approximate surface area is 164 Å². The van der Waals surface area contributed by atoms with Gasteiger partial charge in [-0.05, 0) is 54.9 Å². The molecule has 2 atom stereocenters. The van der Waals surface area contributed by atoms with Crippen LogP contribution in [0.25, 0.3) is 0 Å². The summed E-state index contributed by atoms with van der Waals surface area (Å²) >= 11 is 0. The Hall–Kier alpha value is -2.19. The van der Waals surface area contributed by atoms with Gasteiger partial charge in [0.2, 0.25) is 5.60 Å². The second-order valence-corrected chi connectivity index (χ2v) is 7.83. The lowest BCUT2D eigenvalue weighted by Crippen LogP contribution is -2.46. The highest BCUT2D eigenvalue weighted by atomic mass is 16.4. The van der Waals surface area contributed by atoms with Crippen molar-refractivity contribution in [3.05, 3.63) is 65.2 Å². The monoisotopic (exact) mass is 381 g/mol. The molecule has 0 spiro atoms. The van der Waals surface area contributed by atoms with E-state index in [1.165, 1.54) is 12.1 Å². The lowest BCUT2D eigenvalue weighted by molar-refractivity contribution is -0.155. The molecule has 28 heavy (non-hydrogen) atoms. The lowest BCUT2D eigenvalue weighted by atomic mass is 9.72. The summed E-state index contributed by atoms with van der Waals surface area (Å²) in [5, 5.41) is 40.7. The first-order valence-electron chi connectivity index (χ1n) is 9.67. The van der Waals surface area contributed by atoms with Crippen molar-refractivity contribution in [2.45, 2.75) is 30.9 Å². The summed E-state index contributed by atoms with van der Waals surface area (Å²) < 4.78 is 0. The third kappa shape index (κ3) is 3.14. The zero-order valence-electron chi connectivity index (χ0n) is 15.5. The molecule has 3 fully saturated rings. The standard InChI is InChI=1S/C21H24BNO5/c24-20(25)21(26,15-4-2-1-3-5-15)18-7-6-16(22(27)28)13-17(18)19-12-14-8-10-23(19)11-9-14/h1-7,13-14,19,26-28H,8-12H2,(H,24,25)/t19?,21-/m0/s1. The Kier molecular flexibility index (Phi) is 5.01. The molecule has 5 rings (SSSR count). The van der Waals surface area contributed by atoms with Crippen molar-refractivity contribution in [2.75, 3.05) is 13.1 Å². The van der Waals surface area contributed by atoms with Crippen molar-refractivity contribution in [1.29, 1.82) is 0 Å². The lowest BCUT2D eigenvalue weighted by Gasteiger charge is -2.47. The van der Waals surface area contributed by atoms with Gasteiger partial charge in [0.1, 0.15) is 0 Å². The third-order valence-corrected chi connectivity index (χ3v) is 6.27. The van der Waals surface area contributed by atoms with Gasteiger partial charge in [0.15, 0.2) is 0 Å². The van der Waals surface area contributed by atoms with Gasteiger partial charge in [-0.1, -0.05) is 48.5 Å². The molecule has 0 aromatic heterocycles. The van der Waals surface area contributed by atoms with Crippen molar-refractivity contribution in [3.8, 4) is 0 Å². The average Bonchev–Trinajstić information content (AvgIpc) is 2.74. The number of aliphatic carboxylic acids is 1. The molecule has 6 nitrogen and oxygen atoms in total. The van der Waals surface area contributed by atoms with Crippen LogP contribution in [0.1, 0.15) is 42.0 Å². The minimum atomic E-state index is -2.21. The molecule has 1 unspecified atom stereocenters. The molecule has 7 heteroatoms. The number of carboxylic acid groups (broad SMARTS) is 1. The van der Waals surface area contributed by atoms with Crippen LogP contribution in [0.3, 0.4) is 0 Å². The molecule has 2 aromatic carbocycles. The number of carboxylic acids is 1. The predicted octanol–water partition coefficient (Wildman–Crippen LogP) is 0.844. The van der Waals surface area contributed by atoms with Crippen LogP contribution in [-0.4, -0.2) is 51.3 Å². The average molecular weight is 381 g/mol. The molecule has 0 aliphatic carbocycles. The smallest absolute Gasteiger partial charge is 0.479 e. The van der Waals surface area contributed by atoms with E-state index in [2.05, 4.69) is 4.90 Å². The van der Waals surface area contributed by atoms with Crippen LogP contribution in [0.2, 0.25) is 0 Å². The van der Waals surface area contributed by atoms with Gasteiger partial charge in [0.25, 0.3) is 0 Å². The number of hydrogen-bond acceptors (Lipinski definition) is 5. The van der Waals surface area contributed by atoms with Gasteiger partial charge in [-0.25, -0.2) is 4.79 Å². The van der Waals surface area contributed by atoms with E-state index in [0.717, 1.165) is 32.4 Å². The number of fused-ring (bicyclic) bond motifs is 3. The Bertz CT molecular complexity index is 866. The van der Waals surface area contributed by atoms with Crippen LogP contribution in [-0.2, 0) is 10.4 Å². The van der Waals surface area contributed by atoms with E-state index in [-0.39, 0.29) is 17.2 Å². The van der Waals surface area contributed by atoms with E-state index in [1.807, 2.05) is 0 Å². The molecule has 146 valence electrons. The highest BCUT2D eigenvalue weighted by molar-refractivity contribution is 6.58. The van der Waals surface area contributed by atoms with Crippen LogP contribution >= 0.6 is 0 Å². The van der Waals surface area contributed by atoms with E-state index in [9.17, 15) is 25.1 Å². The number of benzene rings is 2. The van der Waals surface area contributed by atoms with E-state index < -0.39 is 18.7 Å². The zero-order chi connectivity index (χ0) is 19.9. The summed E-state index contributed by atoms with van der Waals surface area (Å²) in [6, 6.07) is 12.9. The Morgan fingerprint density at radius 2 is 1.75 bits per heavy atom. The topological polar surface area (TPSA) is 101 Å². The van der Waals surface area contributed by atoms with Crippen LogP contribution in [0.15, 0.2) is 48.5 Å². The van der Waals surface area contributed by atoms with Crippen LogP contribution in [0.5, 0.6) is 0 Å². The first kappa shape index (κ1) is 19.1. The maximum absolute atomic E-state index is 12.3. The maximum atomic E-state index is 12.3. The van der Waals surface area contributed by atoms with Crippen LogP contribution in [0.4, 0.5) is 0 Å². The van der Waals surface area contributed by atoms with Crippen molar-refractivity contribution in [1.82, 2.24) is 4.90 Å². The summed E-state index contributed by atoms with van der Waals surface area (Å²) in [6.45, 7) is 1.86. The summed E-state index contributed by atoms with van der Waals surface area (Å²) in [6.07, 6.45) is 3.12. The fraction of sp³-hybridized carbons (Fsp3) is 0.381. The van der Waals surface area contributed by atoms with Gasteiger partial charge >= 0.3 is 13.1 Å². The fourth-order valence-corrected chi connectivity index (χ4v) is 4.71. The molecule has 0 amide bonds. The van der Waals surface area contributed by atoms with Crippen LogP contribution < -0.4 is 5.46 Å². The van der Waals surface area contributed by atoms with E-state index in [0.29, 0.717) is 16.9 Å². The Balaban J connectivity index is 1.89. The second-order valence-electron chi connectivity index (χ2n) is 7.83. The quantitative estimate of drug-likeness (QED) is 0.573. The Morgan fingerprint density at radius 1 is 1.07 bits per heavy atom. The number of rotatable bonds is 5. The normalized spacial score (nSPS) is 25.9. The number of aliphatic hydroxyl groups is 1. The molecule has 4 N–H and O–H groups in total.